The first-order valence-electron chi connectivity index (χ1n) is 14.2. The standard InChI is InChI=1S/C31H38ClN3O5/c1-4-19(3)23(18-36)35-26(28(38)34-22-13-11-21(32)12-14-22)31-16-15-30(5-2,40-31)24(25(31)29(35)39)27(37)33-17-20-9-7-6-8-10-20/h6-14,19,23-26,36H,4-5,15-18H2,1-3H3,(H,33,37)(H,34,38)/t19-,23-,24+,25-,26?,30-,31?/m0/s1. The van der Waals surface area contributed by atoms with Crippen LogP contribution in [0.4, 0.5) is 5.69 Å². The minimum atomic E-state index is -1.17. The number of benzene rings is 2. The molecule has 8 nitrogen and oxygen atoms in total. The normalized spacial score (nSPS) is 30.2. The van der Waals surface area contributed by atoms with Gasteiger partial charge in [-0.3, -0.25) is 14.4 Å². The lowest BCUT2D eigenvalue weighted by atomic mass is 9.65. The molecule has 3 N–H and O–H groups in total. The van der Waals surface area contributed by atoms with Gasteiger partial charge in [0.1, 0.15) is 11.6 Å². The number of amides is 3. The number of carbonyl (C=O) groups excluding carboxylic acids is 3. The maximum absolute atomic E-state index is 14.4. The fourth-order valence-corrected chi connectivity index (χ4v) is 7.29. The number of ether oxygens (including phenoxy) is 1. The fraction of sp³-hybridized carbons (Fsp3) is 0.516. The molecule has 2 unspecified atom stereocenters. The Bertz CT molecular complexity index is 1260. The van der Waals surface area contributed by atoms with Gasteiger partial charge in [0.15, 0.2) is 0 Å². The molecule has 3 heterocycles. The van der Waals surface area contributed by atoms with Crippen LogP contribution in [0.1, 0.15) is 52.0 Å². The predicted molar refractivity (Wildman–Crippen MR) is 152 cm³/mol. The number of carbonyl (C=O) groups is 3. The summed E-state index contributed by atoms with van der Waals surface area (Å²) in [6.07, 6.45) is 2.30. The zero-order valence-electron chi connectivity index (χ0n) is 23.2. The van der Waals surface area contributed by atoms with Crippen LogP contribution in [0, 0.1) is 17.8 Å². The van der Waals surface area contributed by atoms with Gasteiger partial charge in [-0.05, 0) is 55.0 Å². The van der Waals surface area contributed by atoms with Crippen molar-refractivity contribution in [2.24, 2.45) is 17.8 Å². The highest BCUT2D eigenvalue weighted by atomic mass is 35.5. The summed E-state index contributed by atoms with van der Waals surface area (Å²) in [4.78, 5) is 43.9. The SMILES string of the molecule is CC[C@H](C)[C@H](CO)N1C(=O)[C@@H]2[C@H](C(=O)NCc3ccccc3)[C@]3(CC)CCC2(O3)C1C(=O)Nc1ccc(Cl)cc1. The van der Waals surface area contributed by atoms with Gasteiger partial charge in [0, 0.05) is 17.3 Å². The summed E-state index contributed by atoms with van der Waals surface area (Å²) in [5.41, 5.74) is -0.506. The topological polar surface area (TPSA) is 108 Å². The van der Waals surface area contributed by atoms with Gasteiger partial charge in [0.25, 0.3) is 0 Å². The van der Waals surface area contributed by atoms with E-state index < -0.39 is 41.0 Å². The molecule has 0 aromatic heterocycles. The van der Waals surface area contributed by atoms with E-state index in [0.29, 0.717) is 42.9 Å². The maximum atomic E-state index is 14.4. The molecular formula is C31H38ClN3O5. The largest absolute Gasteiger partial charge is 0.394 e. The van der Waals surface area contributed by atoms with Crippen molar-refractivity contribution in [3.63, 3.8) is 0 Å². The molecule has 0 saturated carbocycles. The lowest BCUT2D eigenvalue weighted by molar-refractivity contribution is -0.150. The van der Waals surface area contributed by atoms with Gasteiger partial charge < -0.3 is 25.4 Å². The molecule has 3 aliphatic heterocycles. The van der Waals surface area contributed by atoms with Crippen molar-refractivity contribution in [1.29, 1.82) is 0 Å². The average molecular weight is 568 g/mol. The second-order valence-electron chi connectivity index (χ2n) is 11.4. The summed E-state index contributed by atoms with van der Waals surface area (Å²) in [6.45, 7) is 5.96. The van der Waals surface area contributed by atoms with Gasteiger partial charge in [-0.2, -0.15) is 0 Å². The Morgan fingerprint density at radius 3 is 2.42 bits per heavy atom. The summed E-state index contributed by atoms with van der Waals surface area (Å²) in [6, 6.07) is 14.8. The van der Waals surface area contributed by atoms with Crippen molar-refractivity contribution in [3.05, 3.63) is 65.2 Å². The predicted octanol–water partition coefficient (Wildman–Crippen LogP) is 4.16. The molecule has 1 spiro atoms. The first-order valence-corrected chi connectivity index (χ1v) is 14.6. The molecule has 3 saturated heterocycles. The fourth-order valence-electron chi connectivity index (χ4n) is 7.16. The number of aliphatic hydroxyl groups excluding tert-OH is 1. The molecule has 5 rings (SSSR count). The smallest absolute Gasteiger partial charge is 0.250 e. The van der Waals surface area contributed by atoms with Gasteiger partial charge in [0.2, 0.25) is 17.7 Å². The second-order valence-corrected chi connectivity index (χ2v) is 11.9. The third-order valence-corrected chi connectivity index (χ3v) is 9.67. The number of likely N-dealkylation sites (tertiary alicyclic amines) is 1. The van der Waals surface area contributed by atoms with Crippen molar-refractivity contribution < 1.29 is 24.2 Å². The van der Waals surface area contributed by atoms with Gasteiger partial charge in [-0.15, -0.1) is 0 Å². The van der Waals surface area contributed by atoms with E-state index in [1.54, 1.807) is 24.3 Å². The zero-order valence-corrected chi connectivity index (χ0v) is 24.0. The monoisotopic (exact) mass is 567 g/mol. The first-order chi connectivity index (χ1) is 19.2. The molecule has 40 heavy (non-hydrogen) atoms. The number of nitrogens with zero attached hydrogens (tertiary/aromatic N) is 1. The number of halogens is 1. The van der Waals surface area contributed by atoms with Crippen LogP contribution in [0.5, 0.6) is 0 Å². The van der Waals surface area contributed by atoms with Crippen molar-refractivity contribution in [3.8, 4) is 0 Å². The average Bonchev–Trinajstić information content (AvgIpc) is 3.57. The lowest BCUT2D eigenvalue weighted by Gasteiger charge is -2.39. The summed E-state index contributed by atoms with van der Waals surface area (Å²) in [5, 5.41) is 17.0. The van der Waals surface area contributed by atoms with Crippen LogP contribution in [-0.4, -0.2) is 57.6 Å². The second kappa shape index (κ2) is 11.1. The molecule has 0 radical (unpaired) electrons. The van der Waals surface area contributed by atoms with Crippen LogP contribution in [0.3, 0.4) is 0 Å². The molecular weight excluding hydrogens is 530 g/mol. The van der Waals surface area contributed by atoms with Crippen LogP contribution in [-0.2, 0) is 25.7 Å². The quantitative estimate of drug-likeness (QED) is 0.400. The Morgan fingerprint density at radius 1 is 1.10 bits per heavy atom. The highest BCUT2D eigenvalue weighted by Gasteiger charge is 2.79. The van der Waals surface area contributed by atoms with E-state index in [2.05, 4.69) is 10.6 Å². The minimum Gasteiger partial charge on any atom is -0.394 e. The van der Waals surface area contributed by atoms with E-state index in [9.17, 15) is 19.5 Å². The molecule has 0 aliphatic carbocycles. The van der Waals surface area contributed by atoms with Crippen LogP contribution >= 0.6 is 11.6 Å². The highest BCUT2D eigenvalue weighted by molar-refractivity contribution is 6.30. The Kier molecular flexibility index (Phi) is 7.97. The number of aliphatic hydroxyl groups is 1. The number of anilines is 1. The molecule has 2 bridgehead atoms. The van der Waals surface area contributed by atoms with Crippen LogP contribution in [0.15, 0.2) is 54.6 Å². The third kappa shape index (κ3) is 4.60. The minimum absolute atomic E-state index is 0.0716. The number of hydrogen-bond acceptors (Lipinski definition) is 5. The third-order valence-electron chi connectivity index (χ3n) is 9.42. The summed E-state index contributed by atoms with van der Waals surface area (Å²) in [7, 11) is 0. The van der Waals surface area contributed by atoms with Crippen molar-refractivity contribution in [1.82, 2.24) is 10.2 Å². The molecule has 7 atom stereocenters. The Morgan fingerprint density at radius 2 is 1.80 bits per heavy atom. The molecule has 3 amide bonds. The van der Waals surface area contributed by atoms with Crippen molar-refractivity contribution in [2.75, 3.05) is 11.9 Å². The highest BCUT2D eigenvalue weighted by Crippen LogP contribution is 2.64. The maximum Gasteiger partial charge on any atom is 0.250 e. The number of fused-ring (bicyclic) bond motifs is 1. The summed E-state index contributed by atoms with van der Waals surface area (Å²) in [5.74, 6) is -2.57. The Labute approximate surface area is 240 Å². The zero-order chi connectivity index (χ0) is 28.7. The van der Waals surface area contributed by atoms with Crippen LogP contribution in [0.25, 0.3) is 0 Å². The van der Waals surface area contributed by atoms with Crippen molar-refractivity contribution >= 4 is 35.0 Å². The summed E-state index contributed by atoms with van der Waals surface area (Å²) < 4.78 is 6.82. The Balaban J connectivity index is 1.53. The number of rotatable bonds is 10. The molecule has 9 heteroatoms. The van der Waals surface area contributed by atoms with Gasteiger partial charge >= 0.3 is 0 Å². The molecule has 3 fully saturated rings. The van der Waals surface area contributed by atoms with E-state index in [0.717, 1.165) is 5.56 Å². The molecule has 2 aromatic carbocycles. The van der Waals surface area contributed by atoms with Crippen LogP contribution in [0.2, 0.25) is 5.02 Å². The van der Waals surface area contributed by atoms with E-state index in [-0.39, 0.29) is 24.3 Å². The number of hydrogen-bond donors (Lipinski definition) is 3. The molecule has 214 valence electrons. The van der Waals surface area contributed by atoms with E-state index >= 15 is 0 Å². The van der Waals surface area contributed by atoms with Gasteiger partial charge in [0.05, 0.1) is 30.1 Å². The molecule has 3 aliphatic rings. The van der Waals surface area contributed by atoms with E-state index in [4.69, 9.17) is 16.3 Å². The van der Waals surface area contributed by atoms with Gasteiger partial charge in [-0.25, -0.2) is 0 Å². The lowest BCUT2D eigenvalue weighted by Crippen LogP contribution is -2.57. The Hall–Kier alpha value is -2.94. The van der Waals surface area contributed by atoms with Crippen molar-refractivity contribution in [2.45, 2.75) is 76.3 Å². The molecule has 2 aromatic rings. The van der Waals surface area contributed by atoms with E-state index in [1.165, 1.54) is 4.90 Å². The van der Waals surface area contributed by atoms with Crippen LogP contribution < -0.4 is 10.6 Å². The van der Waals surface area contributed by atoms with Gasteiger partial charge in [-0.1, -0.05) is 69.1 Å². The number of nitrogens with one attached hydrogen (secondary N) is 2. The summed E-state index contributed by atoms with van der Waals surface area (Å²) >= 11 is 6.04. The first kappa shape index (κ1) is 28.6. The van der Waals surface area contributed by atoms with E-state index in [1.807, 2.05) is 51.1 Å².